The van der Waals surface area contributed by atoms with Crippen molar-refractivity contribution in [3.63, 3.8) is 0 Å². The second kappa shape index (κ2) is 7.04. The summed E-state index contributed by atoms with van der Waals surface area (Å²) in [6.45, 7) is 6.35. The van der Waals surface area contributed by atoms with Crippen LogP contribution in [0.3, 0.4) is 0 Å². The summed E-state index contributed by atoms with van der Waals surface area (Å²) in [6, 6.07) is 5.85. The molecule has 5 nitrogen and oxygen atoms in total. The zero-order valence-electron chi connectivity index (χ0n) is 14.6. The Balaban J connectivity index is 2.11. The molecule has 1 heterocycles. The molecule has 0 amide bonds. The fourth-order valence-corrected chi connectivity index (χ4v) is 2.24. The van der Waals surface area contributed by atoms with Crippen LogP contribution in [0.4, 0.5) is 0 Å². The number of aromatic nitrogens is 1. The molecule has 2 aromatic rings. The second-order valence-corrected chi connectivity index (χ2v) is 6.99. The van der Waals surface area contributed by atoms with E-state index in [1.807, 2.05) is 45.2 Å². The minimum Gasteiger partial charge on any atom is -0.457 e. The van der Waals surface area contributed by atoms with E-state index in [-0.39, 0.29) is 12.8 Å². The normalized spacial score (nSPS) is 11.9. The molecule has 23 heavy (non-hydrogen) atoms. The summed E-state index contributed by atoms with van der Waals surface area (Å²) >= 11 is 0. The van der Waals surface area contributed by atoms with E-state index in [4.69, 9.17) is 9.47 Å². The Morgan fingerprint density at radius 2 is 2.00 bits per heavy atom. The topological polar surface area (TPSA) is 54.6 Å². The molecule has 1 N–H and O–H groups in total. The van der Waals surface area contributed by atoms with Crippen LogP contribution >= 0.6 is 0 Å². The van der Waals surface area contributed by atoms with E-state index in [0.29, 0.717) is 0 Å². The van der Waals surface area contributed by atoms with E-state index in [1.165, 1.54) is 5.56 Å². The Morgan fingerprint density at radius 1 is 1.26 bits per heavy atom. The largest absolute Gasteiger partial charge is 0.457 e. The minimum atomic E-state index is -0.527. The van der Waals surface area contributed by atoms with Gasteiger partial charge in [0.25, 0.3) is 0 Å². The lowest BCUT2D eigenvalue weighted by Crippen LogP contribution is -2.24. The van der Waals surface area contributed by atoms with Crippen LogP contribution in [-0.2, 0) is 16.0 Å². The molecule has 0 bridgehead atoms. The highest BCUT2D eigenvalue weighted by Gasteiger charge is 2.23. The molecule has 0 aliphatic carbocycles. The molecule has 0 atom stereocenters. The molecule has 0 radical (unpaired) electrons. The molecule has 126 valence electrons. The van der Waals surface area contributed by atoms with Crippen molar-refractivity contribution in [2.75, 3.05) is 27.4 Å². The maximum atomic E-state index is 11.8. The van der Waals surface area contributed by atoms with Crippen molar-refractivity contribution in [3.05, 3.63) is 30.0 Å². The lowest BCUT2D eigenvalue weighted by molar-refractivity contribution is -0.159. The van der Waals surface area contributed by atoms with Gasteiger partial charge in [-0.25, -0.2) is 0 Å². The first-order chi connectivity index (χ1) is 10.8. The van der Waals surface area contributed by atoms with Gasteiger partial charge in [-0.05, 0) is 59.0 Å². The molecule has 0 aliphatic rings. The monoisotopic (exact) mass is 318 g/mol. The maximum Gasteiger partial charge on any atom is 0.314 e. The van der Waals surface area contributed by atoms with Gasteiger partial charge in [-0.3, -0.25) is 4.79 Å². The Kier molecular flexibility index (Phi) is 5.31. The van der Waals surface area contributed by atoms with Crippen LogP contribution in [0.5, 0.6) is 5.75 Å². The zero-order chi connectivity index (χ0) is 17.0. The Labute approximate surface area is 137 Å². The summed E-state index contributed by atoms with van der Waals surface area (Å²) in [5.74, 6) is 0.464. The van der Waals surface area contributed by atoms with Crippen molar-refractivity contribution in [1.82, 2.24) is 9.88 Å². The second-order valence-electron chi connectivity index (χ2n) is 6.99. The first-order valence-electron chi connectivity index (χ1n) is 7.83. The van der Waals surface area contributed by atoms with Crippen LogP contribution in [0.1, 0.15) is 26.3 Å². The predicted molar refractivity (Wildman–Crippen MR) is 91.6 cm³/mol. The van der Waals surface area contributed by atoms with Gasteiger partial charge >= 0.3 is 5.97 Å². The molecular formula is C18H26N2O3. The average Bonchev–Trinajstić information content (AvgIpc) is 2.88. The highest BCUT2D eigenvalue weighted by molar-refractivity contribution is 5.89. The van der Waals surface area contributed by atoms with Gasteiger partial charge in [0.1, 0.15) is 5.75 Å². The fourth-order valence-electron chi connectivity index (χ4n) is 2.24. The van der Waals surface area contributed by atoms with E-state index in [1.54, 1.807) is 0 Å². The average molecular weight is 318 g/mol. The number of rotatable bonds is 6. The Hall–Kier alpha value is -2.01. The highest BCUT2D eigenvalue weighted by Crippen LogP contribution is 2.29. The number of hydrogen-bond acceptors (Lipinski definition) is 4. The third-order valence-corrected chi connectivity index (χ3v) is 3.59. The smallest absolute Gasteiger partial charge is 0.314 e. The lowest BCUT2D eigenvalue weighted by atomic mass is 9.98. The molecule has 1 aromatic carbocycles. The number of nitrogens with one attached hydrogen (secondary N) is 1. The molecule has 0 fully saturated rings. The number of H-pyrrole nitrogens is 1. The van der Waals surface area contributed by atoms with Crippen molar-refractivity contribution >= 4 is 16.9 Å². The third kappa shape index (κ3) is 4.48. The number of ether oxygens (including phenoxy) is 2. The van der Waals surface area contributed by atoms with Crippen molar-refractivity contribution < 1.29 is 14.3 Å². The van der Waals surface area contributed by atoms with Crippen molar-refractivity contribution in [2.45, 2.75) is 27.2 Å². The Bertz CT molecular complexity index is 668. The van der Waals surface area contributed by atoms with E-state index in [2.05, 4.69) is 24.0 Å². The van der Waals surface area contributed by atoms with Gasteiger partial charge in [-0.15, -0.1) is 0 Å². The van der Waals surface area contributed by atoms with Crippen LogP contribution in [0.25, 0.3) is 10.9 Å². The summed E-state index contributed by atoms with van der Waals surface area (Å²) < 4.78 is 10.9. The van der Waals surface area contributed by atoms with Crippen LogP contribution in [0.15, 0.2) is 24.4 Å². The number of carbonyl (C=O) groups excluding carboxylic acids is 1. The first-order valence-corrected chi connectivity index (χ1v) is 7.83. The lowest BCUT2D eigenvalue weighted by Gasteiger charge is -2.17. The van der Waals surface area contributed by atoms with Gasteiger partial charge < -0.3 is 19.4 Å². The van der Waals surface area contributed by atoms with Crippen LogP contribution in [0, 0.1) is 5.41 Å². The number of carbonyl (C=O) groups is 1. The standard InChI is InChI=1S/C18H26N2O3/c1-18(2,3)17(21)23-12-22-15-8-6-7-14-16(15)13(11-19-14)9-10-20(4)5/h6-8,11,19H,9-10,12H2,1-5H3. The number of benzene rings is 1. The number of aromatic amines is 1. The van der Waals surface area contributed by atoms with Gasteiger partial charge in [-0.2, -0.15) is 0 Å². The quantitative estimate of drug-likeness (QED) is 0.656. The van der Waals surface area contributed by atoms with E-state index >= 15 is 0 Å². The first kappa shape index (κ1) is 17.3. The summed E-state index contributed by atoms with van der Waals surface area (Å²) in [7, 11) is 4.11. The van der Waals surface area contributed by atoms with Crippen molar-refractivity contribution in [1.29, 1.82) is 0 Å². The highest BCUT2D eigenvalue weighted by atomic mass is 16.7. The summed E-state index contributed by atoms with van der Waals surface area (Å²) in [5, 5.41) is 1.06. The molecule has 0 unspecified atom stereocenters. The van der Waals surface area contributed by atoms with E-state index in [9.17, 15) is 4.79 Å². The van der Waals surface area contributed by atoms with Crippen molar-refractivity contribution in [3.8, 4) is 5.75 Å². The van der Waals surface area contributed by atoms with Crippen LogP contribution in [-0.4, -0.2) is 43.3 Å². The predicted octanol–water partition coefficient (Wildman–Crippen LogP) is 3.20. The van der Waals surface area contributed by atoms with Crippen LogP contribution < -0.4 is 4.74 Å². The van der Waals surface area contributed by atoms with Gasteiger partial charge in [-0.1, -0.05) is 6.07 Å². The van der Waals surface area contributed by atoms with Gasteiger partial charge in [0, 0.05) is 23.6 Å². The van der Waals surface area contributed by atoms with Gasteiger partial charge in [0.2, 0.25) is 6.79 Å². The van der Waals surface area contributed by atoms with E-state index < -0.39 is 5.41 Å². The number of nitrogens with zero attached hydrogens (tertiary/aromatic N) is 1. The number of likely N-dealkylation sites (N-methyl/N-ethyl adjacent to an activating group) is 1. The molecule has 1 aromatic heterocycles. The fraction of sp³-hybridized carbons (Fsp3) is 0.500. The molecule has 0 aliphatic heterocycles. The molecule has 5 heteroatoms. The molecule has 0 spiro atoms. The zero-order valence-corrected chi connectivity index (χ0v) is 14.6. The van der Waals surface area contributed by atoms with Gasteiger partial charge in [0.15, 0.2) is 0 Å². The minimum absolute atomic E-state index is 0.0759. The Morgan fingerprint density at radius 3 is 2.65 bits per heavy atom. The number of hydrogen-bond donors (Lipinski definition) is 1. The number of esters is 1. The van der Waals surface area contributed by atoms with Gasteiger partial charge in [0.05, 0.1) is 5.41 Å². The van der Waals surface area contributed by atoms with Crippen LogP contribution in [0.2, 0.25) is 0 Å². The maximum absolute atomic E-state index is 11.8. The summed E-state index contributed by atoms with van der Waals surface area (Å²) in [4.78, 5) is 17.2. The summed E-state index contributed by atoms with van der Waals surface area (Å²) in [5.41, 5.74) is 1.70. The SMILES string of the molecule is CN(C)CCc1c[nH]c2cccc(OCOC(=O)C(C)(C)C)c12. The molecular weight excluding hydrogens is 292 g/mol. The van der Waals surface area contributed by atoms with E-state index in [0.717, 1.165) is 29.6 Å². The van der Waals surface area contributed by atoms with Crippen molar-refractivity contribution in [2.24, 2.45) is 5.41 Å². The third-order valence-electron chi connectivity index (χ3n) is 3.59. The molecule has 0 saturated carbocycles. The summed E-state index contributed by atoms with van der Waals surface area (Å²) in [6.07, 6.45) is 2.94. The number of fused-ring (bicyclic) bond motifs is 1. The molecule has 0 saturated heterocycles. The molecule has 2 rings (SSSR count).